The third-order valence-corrected chi connectivity index (χ3v) is 4.42. The topological polar surface area (TPSA) is 86.6 Å². The van der Waals surface area contributed by atoms with Gasteiger partial charge >= 0.3 is 0 Å². The van der Waals surface area contributed by atoms with Gasteiger partial charge in [-0.15, -0.1) is 0 Å². The molecule has 0 aromatic rings. The zero-order chi connectivity index (χ0) is 21.1. The lowest BCUT2D eigenvalue weighted by Gasteiger charge is -2.08. The Morgan fingerprint density at radius 3 is 0.966 bits per heavy atom. The Morgan fingerprint density at radius 2 is 0.586 bits per heavy atom. The Morgan fingerprint density at radius 1 is 0.276 bits per heavy atom. The van der Waals surface area contributed by atoms with Crippen LogP contribution in [0.5, 0.6) is 0 Å². The number of aliphatic hydroxyl groups excluding tert-OH is 2. The number of unbranched alkanes of at least 4 members (excludes halogenated alkanes) is 9. The van der Waals surface area contributed by atoms with E-state index in [4.69, 9.17) is 33.9 Å². The van der Waals surface area contributed by atoms with Crippen molar-refractivity contribution >= 4 is 0 Å². The van der Waals surface area contributed by atoms with E-state index in [2.05, 4.69) is 0 Å². The first kappa shape index (κ1) is 28.7. The molecule has 0 unspecified atom stereocenters. The first-order chi connectivity index (χ1) is 14.4. The Balaban J connectivity index is 2.97. The summed E-state index contributed by atoms with van der Waals surface area (Å²) < 4.78 is 26.8. The van der Waals surface area contributed by atoms with Crippen LogP contribution in [-0.2, 0) is 23.7 Å². The van der Waals surface area contributed by atoms with Crippen LogP contribution in [0.2, 0.25) is 0 Å². The van der Waals surface area contributed by atoms with Crippen LogP contribution >= 0.6 is 0 Å². The summed E-state index contributed by atoms with van der Waals surface area (Å²) in [5.41, 5.74) is 0. The summed E-state index contributed by atoms with van der Waals surface area (Å²) >= 11 is 0. The minimum Gasteiger partial charge on any atom is -0.396 e. The van der Waals surface area contributed by atoms with Crippen molar-refractivity contribution in [2.75, 3.05) is 79.3 Å². The molecule has 0 spiro atoms. The highest BCUT2D eigenvalue weighted by molar-refractivity contribution is 4.48. The second-order valence-electron chi connectivity index (χ2n) is 7.04. The molecule has 0 aliphatic heterocycles. The fraction of sp³-hybridized carbons (Fsp3) is 1.00. The minimum atomic E-state index is 0.0440. The van der Waals surface area contributed by atoms with Gasteiger partial charge in [0.05, 0.1) is 66.1 Å². The fourth-order valence-corrected chi connectivity index (χ4v) is 2.78. The molecule has 0 saturated carbocycles. The Bertz CT molecular complexity index is 254. The van der Waals surface area contributed by atoms with Crippen molar-refractivity contribution in [3.8, 4) is 0 Å². The van der Waals surface area contributed by atoms with E-state index >= 15 is 0 Å². The van der Waals surface area contributed by atoms with Gasteiger partial charge in [-0.1, -0.05) is 51.4 Å². The van der Waals surface area contributed by atoms with E-state index in [1.54, 1.807) is 0 Å². The molecule has 2 N–H and O–H groups in total. The van der Waals surface area contributed by atoms with E-state index in [9.17, 15) is 0 Å². The normalized spacial score (nSPS) is 11.4. The van der Waals surface area contributed by atoms with Gasteiger partial charge in [0.15, 0.2) is 0 Å². The maximum absolute atomic E-state index is 8.72. The molecule has 0 atom stereocenters. The molecule has 0 fully saturated rings. The fourth-order valence-electron chi connectivity index (χ4n) is 2.78. The predicted octanol–water partition coefficient (Wildman–Crippen LogP) is 2.96. The maximum Gasteiger partial charge on any atom is 0.0701 e. The third kappa shape index (κ3) is 27.7. The van der Waals surface area contributed by atoms with E-state index in [-0.39, 0.29) is 6.61 Å². The minimum absolute atomic E-state index is 0.0440. The van der Waals surface area contributed by atoms with Gasteiger partial charge in [-0.25, -0.2) is 0 Å². The zero-order valence-corrected chi connectivity index (χ0v) is 18.5. The van der Waals surface area contributed by atoms with Crippen LogP contribution in [0, 0.1) is 0 Å². The summed E-state index contributed by atoms with van der Waals surface area (Å²) in [6.07, 6.45) is 12.4. The lowest BCUT2D eigenvalue weighted by molar-refractivity contribution is -0.0134. The molecule has 7 nitrogen and oxygen atoms in total. The van der Waals surface area contributed by atoms with Crippen LogP contribution in [0.4, 0.5) is 0 Å². The SMILES string of the molecule is OCCCCCCCCCCCCOCCOCCOCCOCCOCCO. The summed E-state index contributed by atoms with van der Waals surface area (Å²) in [6, 6.07) is 0. The third-order valence-electron chi connectivity index (χ3n) is 4.42. The largest absolute Gasteiger partial charge is 0.396 e. The summed E-state index contributed by atoms with van der Waals surface area (Å²) in [4.78, 5) is 0. The second kappa shape index (κ2) is 27.7. The quantitative estimate of drug-likeness (QED) is 0.207. The molecule has 29 heavy (non-hydrogen) atoms. The molecule has 0 aliphatic carbocycles. The van der Waals surface area contributed by atoms with Crippen LogP contribution in [-0.4, -0.2) is 89.5 Å². The van der Waals surface area contributed by atoms with Crippen molar-refractivity contribution in [1.82, 2.24) is 0 Å². The van der Waals surface area contributed by atoms with Gasteiger partial charge in [-0.2, -0.15) is 0 Å². The molecule has 0 aromatic heterocycles. The van der Waals surface area contributed by atoms with Crippen LogP contribution in [0.25, 0.3) is 0 Å². The molecule has 0 saturated heterocycles. The maximum atomic E-state index is 8.72. The molecule has 7 heteroatoms. The summed E-state index contributed by atoms with van der Waals surface area (Å²) in [5, 5.41) is 17.3. The first-order valence-corrected chi connectivity index (χ1v) is 11.5. The van der Waals surface area contributed by atoms with E-state index < -0.39 is 0 Å². The van der Waals surface area contributed by atoms with E-state index in [0.29, 0.717) is 66.1 Å². The predicted molar refractivity (Wildman–Crippen MR) is 114 cm³/mol. The van der Waals surface area contributed by atoms with E-state index in [1.807, 2.05) is 0 Å². The number of hydrogen-bond donors (Lipinski definition) is 2. The number of aliphatic hydroxyl groups is 2. The molecular formula is C22H46O7. The van der Waals surface area contributed by atoms with Gasteiger partial charge in [0.25, 0.3) is 0 Å². The highest BCUT2D eigenvalue weighted by Gasteiger charge is 1.95. The smallest absolute Gasteiger partial charge is 0.0701 e. The van der Waals surface area contributed by atoms with Crippen LogP contribution in [0.1, 0.15) is 64.2 Å². The summed E-state index contributed by atoms with van der Waals surface area (Å²) in [5.74, 6) is 0. The average Bonchev–Trinajstić information content (AvgIpc) is 2.74. The summed E-state index contributed by atoms with van der Waals surface area (Å²) in [6.45, 7) is 6.04. The molecule has 0 aliphatic rings. The monoisotopic (exact) mass is 422 g/mol. The molecule has 0 rings (SSSR count). The number of rotatable bonds is 26. The van der Waals surface area contributed by atoms with Crippen molar-refractivity contribution in [2.45, 2.75) is 64.2 Å². The van der Waals surface area contributed by atoms with Crippen molar-refractivity contribution in [1.29, 1.82) is 0 Å². The Hall–Kier alpha value is -0.280. The van der Waals surface area contributed by atoms with Gasteiger partial charge in [0.2, 0.25) is 0 Å². The van der Waals surface area contributed by atoms with Gasteiger partial charge in [-0.3, -0.25) is 0 Å². The Kier molecular flexibility index (Phi) is 27.5. The zero-order valence-electron chi connectivity index (χ0n) is 18.5. The molecular weight excluding hydrogens is 376 g/mol. The number of hydrogen-bond acceptors (Lipinski definition) is 7. The lowest BCUT2D eigenvalue weighted by Crippen LogP contribution is -2.13. The highest BCUT2D eigenvalue weighted by Crippen LogP contribution is 2.10. The van der Waals surface area contributed by atoms with Crippen molar-refractivity contribution in [3.63, 3.8) is 0 Å². The molecule has 176 valence electrons. The average molecular weight is 423 g/mol. The van der Waals surface area contributed by atoms with Gasteiger partial charge in [0.1, 0.15) is 0 Å². The van der Waals surface area contributed by atoms with Gasteiger partial charge < -0.3 is 33.9 Å². The Labute approximate surface area is 178 Å². The van der Waals surface area contributed by atoms with E-state index in [0.717, 1.165) is 19.4 Å². The molecule has 0 aromatic carbocycles. The lowest BCUT2D eigenvalue weighted by atomic mass is 10.1. The van der Waals surface area contributed by atoms with Crippen molar-refractivity contribution < 1.29 is 33.9 Å². The van der Waals surface area contributed by atoms with Crippen LogP contribution < -0.4 is 0 Å². The van der Waals surface area contributed by atoms with Crippen LogP contribution in [0.15, 0.2) is 0 Å². The van der Waals surface area contributed by atoms with Gasteiger partial charge in [-0.05, 0) is 12.8 Å². The molecule has 0 heterocycles. The molecule has 0 bridgehead atoms. The van der Waals surface area contributed by atoms with Crippen molar-refractivity contribution in [2.24, 2.45) is 0 Å². The standard InChI is InChI=1S/C22H46O7/c23-11-9-7-5-3-1-2-4-6-8-10-13-25-15-17-27-19-21-29-22-20-28-18-16-26-14-12-24/h23-24H,1-22H2. The van der Waals surface area contributed by atoms with E-state index in [1.165, 1.54) is 51.4 Å². The molecule has 0 amide bonds. The number of ether oxygens (including phenoxy) is 5. The molecule has 0 radical (unpaired) electrons. The van der Waals surface area contributed by atoms with Gasteiger partial charge in [0, 0.05) is 13.2 Å². The highest BCUT2D eigenvalue weighted by atomic mass is 16.6. The second-order valence-corrected chi connectivity index (χ2v) is 7.04. The van der Waals surface area contributed by atoms with Crippen LogP contribution in [0.3, 0.4) is 0 Å². The first-order valence-electron chi connectivity index (χ1n) is 11.5. The summed E-state index contributed by atoms with van der Waals surface area (Å²) in [7, 11) is 0. The van der Waals surface area contributed by atoms with Crippen molar-refractivity contribution in [3.05, 3.63) is 0 Å².